The van der Waals surface area contributed by atoms with Crippen molar-refractivity contribution in [3.63, 3.8) is 0 Å². The lowest BCUT2D eigenvalue weighted by Crippen LogP contribution is -2.53. The number of ether oxygens (including phenoxy) is 1. The maximum atomic E-state index is 9.32. The molecule has 2 fully saturated rings. The molecule has 2 rings (SSSR count). The average molecular weight is 213 g/mol. The van der Waals surface area contributed by atoms with Gasteiger partial charge in [-0.05, 0) is 31.6 Å². The molecule has 3 nitrogen and oxygen atoms in total. The first-order chi connectivity index (χ1) is 7.31. The Bertz CT molecular complexity index is 190. The second-order valence-corrected chi connectivity index (χ2v) is 5.06. The molecule has 2 aliphatic rings. The lowest BCUT2D eigenvalue weighted by Gasteiger charge is -2.42. The van der Waals surface area contributed by atoms with Gasteiger partial charge in [-0.1, -0.05) is 6.92 Å². The highest BCUT2D eigenvalue weighted by Gasteiger charge is 2.30. The van der Waals surface area contributed by atoms with E-state index < -0.39 is 0 Å². The van der Waals surface area contributed by atoms with Crippen LogP contribution >= 0.6 is 0 Å². The summed E-state index contributed by atoms with van der Waals surface area (Å²) in [6.07, 6.45) is 5.30. The van der Waals surface area contributed by atoms with E-state index in [1.165, 1.54) is 25.7 Å². The van der Waals surface area contributed by atoms with Gasteiger partial charge in [-0.25, -0.2) is 0 Å². The zero-order valence-corrected chi connectivity index (χ0v) is 9.69. The van der Waals surface area contributed by atoms with Crippen molar-refractivity contribution in [3.8, 4) is 0 Å². The molecule has 1 N–H and O–H groups in total. The van der Waals surface area contributed by atoms with Crippen molar-refractivity contribution >= 4 is 0 Å². The van der Waals surface area contributed by atoms with Gasteiger partial charge in [0.15, 0.2) is 0 Å². The third-order valence-electron chi connectivity index (χ3n) is 3.94. The molecule has 0 bridgehead atoms. The lowest BCUT2D eigenvalue weighted by molar-refractivity contribution is -0.0552. The van der Waals surface area contributed by atoms with E-state index in [1.54, 1.807) is 0 Å². The quantitative estimate of drug-likeness (QED) is 0.749. The van der Waals surface area contributed by atoms with Crippen molar-refractivity contribution < 1.29 is 9.84 Å². The zero-order chi connectivity index (χ0) is 10.7. The predicted octanol–water partition coefficient (Wildman–Crippen LogP) is 1.26. The van der Waals surface area contributed by atoms with E-state index in [2.05, 4.69) is 11.8 Å². The van der Waals surface area contributed by atoms with E-state index in [9.17, 15) is 5.11 Å². The van der Waals surface area contributed by atoms with Crippen LogP contribution in [-0.2, 0) is 4.74 Å². The van der Waals surface area contributed by atoms with Crippen LogP contribution < -0.4 is 0 Å². The summed E-state index contributed by atoms with van der Waals surface area (Å²) in [5.74, 6) is 0.898. The van der Waals surface area contributed by atoms with Gasteiger partial charge in [0, 0.05) is 12.6 Å². The summed E-state index contributed by atoms with van der Waals surface area (Å²) in [5.41, 5.74) is 0. The maximum absolute atomic E-state index is 9.32. The first kappa shape index (κ1) is 11.4. The summed E-state index contributed by atoms with van der Waals surface area (Å²) >= 11 is 0. The molecule has 0 spiro atoms. The molecule has 1 aliphatic carbocycles. The molecule has 1 atom stereocenters. The Morgan fingerprint density at radius 2 is 2.00 bits per heavy atom. The molecule has 0 aromatic rings. The minimum atomic E-state index is 0.242. The molecule has 1 heterocycles. The molecule has 88 valence electrons. The molecular formula is C12H23NO2. The van der Waals surface area contributed by atoms with Gasteiger partial charge in [0.1, 0.15) is 0 Å². The highest BCUT2D eigenvalue weighted by Crippen LogP contribution is 2.28. The average Bonchev–Trinajstić information content (AvgIpc) is 2.30. The highest BCUT2D eigenvalue weighted by atomic mass is 16.5. The van der Waals surface area contributed by atoms with Crippen LogP contribution in [0.2, 0.25) is 0 Å². The Labute approximate surface area is 92.4 Å². The number of nitrogens with zero attached hydrogens (tertiary/aromatic N) is 1. The second kappa shape index (κ2) is 5.28. The number of hydrogen-bond acceptors (Lipinski definition) is 3. The molecule has 1 saturated heterocycles. The first-order valence-electron chi connectivity index (χ1n) is 6.25. The van der Waals surface area contributed by atoms with Gasteiger partial charge in [-0.15, -0.1) is 0 Å². The SMILES string of the molecule is CC1CCC(N2CCOCC2CO)CC1. The van der Waals surface area contributed by atoms with Gasteiger partial charge >= 0.3 is 0 Å². The molecule has 0 radical (unpaired) electrons. The Balaban J connectivity index is 1.90. The van der Waals surface area contributed by atoms with Gasteiger partial charge < -0.3 is 9.84 Å². The van der Waals surface area contributed by atoms with Crippen molar-refractivity contribution in [1.29, 1.82) is 0 Å². The fourth-order valence-corrected chi connectivity index (χ4v) is 2.88. The smallest absolute Gasteiger partial charge is 0.0644 e. The molecule has 3 heteroatoms. The van der Waals surface area contributed by atoms with Crippen LogP contribution in [0, 0.1) is 5.92 Å². The fraction of sp³-hybridized carbons (Fsp3) is 1.00. The summed E-state index contributed by atoms with van der Waals surface area (Å²) in [7, 11) is 0. The Morgan fingerprint density at radius 3 is 2.67 bits per heavy atom. The van der Waals surface area contributed by atoms with E-state index in [0.29, 0.717) is 12.6 Å². The van der Waals surface area contributed by atoms with Gasteiger partial charge in [0.05, 0.1) is 25.9 Å². The highest BCUT2D eigenvalue weighted by molar-refractivity contribution is 4.84. The van der Waals surface area contributed by atoms with E-state index in [4.69, 9.17) is 4.74 Å². The van der Waals surface area contributed by atoms with Crippen LogP contribution in [-0.4, -0.2) is 48.5 Å². The van der Waals surface area contributed by atoms with Crippen molar-refractivity contribution in [3.05, 3.63) is 0 Å². The monoisotopic (exact) mass is 213 g/mol. The molecule has 0 aromatic heterocycles. The summed E-state index contributed by atoms with van der Waals surface area (Å²) in [6, 6.07) is 0.944. The summed E-state index contributed by atoms with van der Waals surface area (Å²) in [4.78, 5) is 2.48. The van der Waals surface area contributed by atoms with Crippen LogP contribution in [0.3, 0.4) is 0 Å². The molecule has 0 amide bonds. The van der Waals surface area contributed by atoms with E-state index in [1.807, 2.05) is 0 Å². The Hall–Kier alpha value is -0.120. The lowest BCUT2D eigenvalue weighted by atomic mass is 9.86. The third-order valence-corrected chi connectivity index (χ3v) is 3.94. The van der Waals surface area contributed by atoms with Crippen molar-refractivity contribution in [2.24, 2.45) is 5.92 Å². The normalized spacial score (nSPS) is 39.2. The Morgan fingerprint density at radius 1 is 1.27 bits per heavy atom. The van der Waals surface area contributed by atoms with Crippen LogP contribution in [0.15, 0.2) is 0 Å². The van der Waals surface area contributed by atoms with Gasteiger partial charge in [0.2, 0.25) is 0 Å². The van der Waals surface area contributed by atoms with Crippen LogP contribution in [0.5, 0.6) is 0 Å². The van der Waals surface area contributed by atoms with Gasteiger partial charge in [0.25, 0.3) is 0 Å². The van der Waals surface area contributed by atoms with Crippen molar-refractivity contribution in [2.45, 2.75) is 44.7 Å². The summed E-state index contributed by atoms with van der Waals surface area (Å²) in [6.45, 7) is 5.14. The van der Waals surface area contributed by atoms with Gasteiger partial charge in [-0.2, -0.15) is 0 Å². The van der Waals surface area contributed by atoms with E-state index in [-0.39, 0.29) is 12.6 Å². The van der Waals surface area contributed by atoms with E-state index >= 15 is 0 Å². The predicted molar refractivity (Wildman–Crippen MR) is 59.8 cm³/mol. The molecule has 1 aliphatic heterocycles. The number of aliphatic hydroxyl groups excluding tert-OH is 1. The second-order valence-electron chi connectivity index (χ2n) is 5.06. The minimum absolute atomic E-state index is 0.242. The fourth-order valence-electron chi connectivity index (χ4n) is 2.88. The van der Waals surface area contributed by atoms with Gasteiger partial charge in [-0.3, -0.25) is 4.90 Å². The van der Waals surface area contributed by atoms with E-state index in [0.717, 1.165) is 19.1 Å². The van der Waals surface area contributed by atoms with Crippen molar-refractivity contribution in [1.82, 2.24) is 4.90 Å². The number of aliphatic hydroxyl groups is 1. The van der Waals surface area contributed by atoms with Crippen LogP contribution in [0.25, 0.3) is 0 Å². The molecule has 1 saturated carbocycles. The minimum Gasteiger partial charge on any atom is -0.395 e. The third kappa shape index (κ3) is 2.71. The number of morpholine rings is 1. The van der Waals surface area contributed by atoms with Crippen molar-refractivity contribution in [2.75, 3.05) is 26.4 Å². The Kier molecular flexibility index (Phi) is 4.00. The summed E-state index contributed by atoms with van der Waals surface area (Å²) < 4.78 is 5.41. The molecule has 1 unspecified atom stereocenters. The number of hydrogen-bond donors (Lipinski definition) is 1. The number of rotatable bonds is 2. The standard InChI is InChI=1S/C12H23NO2/c1-10-2-4-11(5-3-10)13-6-7-15-9-12(13)8-14/h10-12,14H,2-9H2,1H3. The molecule has 0 aromatic carbocycles. The van der Waals surface area contributed by atoms with Crippen LogP contribution in [0.1, 0.15) is 32.6 Å². The largest absolute Gasteiger partial charge is 0.395 e. The zero-order valence-electron chi connectivity index (χ0n) is 9.69. The first-order valence-corrected chi connectivity index (χ1v) is 6.25. The molecular weight excluding hydrogens is 190 g/mol. The van der Waals surface area contributed by atoms with Crippen LogP contribution in [0.4, 0.5) is 0 Å². The summed E-state index contributed by atoms with van der Waals surface area (Å²) in [5, 5.41) is 9.32. The molecule has 15 heavy (non-hydrogen) atoms. The topological polar surface area (TPSA) is 32.7 Å². The maximum Gasteiger partial charge on any atom is 0.0644 e.